The SMILES string of the molecule is [3H][C@@H]1C=CN([C@@H]2O[C@H](COP(=O)(O)OP(=O)(O)OC[C@H]3O[C@@H](n4cnc5c(N)ncnc54)[C@H](OP(=O)(O)O)[C@@H]3O)[C@@H](O)[C@H]2O)C=C1C(N)=O. The van der Waals surface area contributed by atoms with Gasteiger partial charge in [0.15, 0.2) is 23.9 Å². The van der Waals surface area contributed by atoms with Crippen molar-refractivity contribution < 1.29 is 82.1 Å². The second kappa shape index (κ2) is 13.9. The first-order valence-electron chi connectivity index (χ1n) is 13.9. The normalized spacial score (nSPS) is 33.7. The fourth-order valence-electron chi connectivity index (χ4n) is 4.83. The molecule has 266 valence electrons. The van der Waals surface area contributed by atoms with Crippen LogP contribution in [0.4, 0.5) is 5.82 Å². The summed E-state index contributed by atoms with van der Waals surface area (Å²) >= 11 is 0. The Morgan fingerprint density at radius 3 is 2.23 bits per heavy atom. The molecule has 11 N–H and O–H groups in total. The third-order valence-electron chi connectivity index (χ3n) is 6.98. The number of carbonyl (C=O) groups is 1. The number of carbonyl (C=O) groups excluding carboxylic acids is 1. The van der Waals surface area contributed by atoms with E-state index in [2.05, 4.69) is 28.3 Å². The van der Waals surface area contributed by atoms with Gasteiger partial charge in [-0.2, -0.15) is 4.31 Å². The standard InChI is InChI=1S/C21H30N7O17P3/c22-17-12-19(25-7-24-17)28(8-26-12)21-16(44-46(33,34)35)14(30)11(43-21)6-41-48(38,39)45-47(36,37)40-5-10-13(29)15(31)20(42-10)27-3-1-2-9(4-27)18(23)32/h1,3-4,7-8,10-11,13-16,20-21,29-31H,2,5-6H2,(H2,23,32)(H,36,37)(H,38,39)(H2,22,24,25)(H2,33,34,35)/t10-,11-,13-,14-,15-,16-,20-,21-/m1/s1/i2T/t2-,10-,11-,13-,14-,15-,16-,20-,21-. The van der Waals surface area contributed by atoms with Gasteiger partial charge in [0, 0.05) is 19.3 Å². The lowest BCUT2D eigenvalue weighted by Gasteiger charge is -2.28. The van der Waals surface area contributed by atoms with Gasteiger partial charge in [-0.3, -0.25) is 22.9 Å². The number of hydrogen-bond acceptors (Lipinski definition) is 18. The number of hydrogen-bond donors (Lipinski definition) is 9. The molecule has 3 aliphatic rings. The molecule has 2 aromatic rings. The van der Waals surface area contributed by atoms with Crippen molar-refractivity contribution in [3.8, 4) is 0 Å². The van der Waals surface area contributed by atoms with E-state index in [4.69, 9.17) is 26.8 Å². The van der Waals surface area contributed by atoms with Gasteiger partial charge in [-0.1, -0.05) is 6.08 Å². The van der Waals surface area contributed by atoms with Crippen LogP contribution in [-0.2, 0) is 45.8 Å². The van der Waals surface area contributed by atoms with Crippen LogP contribution in [0, 0.1) is 0 Å². The van der Waals surface area contributed by atoms with Crippen molar-refractivity contribution in [1.82, 2.24) is 24.4 Å². The number of aromatic nitrogens is 4. The summed E-state index contributed by atoms with van der Waals surface area (Å²) in [4.78, 5) is 63.4. The average Bonchev–Trinajstić information content (AvgIpc) is 3.64. The molecule has 2 aromatic heterocycles. The highest BCUT2D eigenvalue weighted by Gasteiger charge is 2.51. The topological polar surface area (TPSA) is 364 Å². The molecule has 3 aliphatic heterocycles. The molecule has 5 rings (SSSR count). The molecule has 48 heavy (non-hydrogen) atoms. The van der Waals surface area contributed by atoms with Crippen LogP contribution in [0.1, 0.15) is 14.0 Å². The number of primary amides is 1. The molecule has 2 saturated heterocycles. The van der Waals surface area contributed by atoms with Crippen LogP contribution in [0.15, 0.2) is 36.7 Å². The second-order valence-electron chi connectivity index (χ2n) is 10.3. The summed E-state index contributed by atoms with van der Waals surface area (Å²) in [5.74, 6) is -0.987. The summed E-state index contributed by atoms with van der Waals surface area (Å²) in [7, 11) is -16.3. The Morgan fingerprint density at radius 1 is 0.979 bits per heavy atom. The molecule has 0 aliphatic carbocycles. The molecule has 0 bridgehead atoms. The number of rotatable bonds is 13. The Kier molecular flexibility index (Phi) is 10.2. The van der Waals surface area contributed by atoms with Crippen molar-refractivity contribution in [2.45, 2.75) is 55.5 Å². The van der Waals surface area contributed by atoms with Crippen LogP contribution in [0.5, 0.6) is 0 Å². The minimum atomic E-state index is -5.54. The van der Waals surface area contributed by atoms with E-state index in [1.807, 2.05) is 0 Å². The Labute approximate surface area is 270 Å². The number of nitrogens with two attached hydrogens (primary N) is 2. The van der Waals surface area contributed by atoms with Crippen LogP contribution in [0.2, 0.25) is 0 Å². The molecular weight excluding hydrogens is 715 g/mol. The zero-order valence-corrected chi connectivity index (χ0v) is 26.6. The fourth-order valence-corrected chi connectivity index (χ4v) is 7.47. The smallest absolute Gasteiger partial charge is 0.387 e. The number of allylic oxidation sites excluding steroid dienone is 1. The first-order chi connectivity index (χ1) is 22.8. The highest BCUT2D eigenvalue weighted by Crippen LogP contribution is 2.61. The van der Waals surface area contributed by atoms with E-state index in [0.717, 1.165) is 28.3 Å². The van der Waals surface area contributed by atoms with Gasteiger partial charge in [0.2, 0.25) is 5.91 Å². The summed E-state index contributed by atoms with van der Waals surface area (Å²) in [5, 5.41) is 31.6. The molecule has 2 unspecified atom stereocenters. The van der Waals surface area contributed by atoms with Crippen molar-refractivity contribution in [1.29, 1.82) is 0 Å². The highest BCUT2D eigenvalue weighted by molar-refractivity contribution is 7.61. The van der Waals surface area contributed by atoms with Gasteiger partial charge in [0.1, 0.15) is 48.5 Å². The number of nitrogens with zero attached hydrogens (tertiary/aromatic N) is 5. The Hall–Kier alpha value is -2.73. The van der Waals surface area contributed by atoms with Crippen molar-refractivity contribution in [3.05, 3.63) is 36.7 Å². The van der Waals surface area contributed by atoms with Gasteiger partial charge in [-0.15, -0.1) is 0 Å². The Morgan fingerprint density at radius 2 is 1.60 bits per heavy atom. The van der Waals surface area contributed by atoms with E-state index in [1.54, 1.807) is 0 Å². The van der Waals surface area contributed by atoms with E-state index in [0.29, 0.717) is 0 Å². The van der Waals surface area contributed by atoms with Crippen molar-refractivity contribution >= 4 is 46.4 Å². The summed E-state index contributed by atoms with van der Waals surface area (Å²) in [6.45, 7) is -2.08. The molecule has 27 heteroatoms. The van der Waals surface area contributed by atoms with Crippen LogP contribution in [0.25, 0.3) is 11.2 Å². The molecule has 0 saturated carbocycles. The molecule has 0 spiro atoms. The van der Waals surface area contributed by atoms with Gasteiger partial charge in [0.25, 0.3) is 0 Å². The van der Waals surface area contributed by atoms with Gasteiger partial charge >= 0.3 is 23.5 Å². The molecule has 1 amide bonds. The lowest BCUT2D eigenvalue weighted by atomic mass is 10.1. The Balaban J connectivity index is 1.20. The maximum absolute atomic E-state index is 12.6. The van der Waals surface area contributed by atoms with Gasteiger partial charge in [-0.25, -0.2) is 28.6 Å². The summed E-state index contributed by atoms with van der Waals surface area (Å²) < 4.78 is 75.0. The van der Waals surface area contributed by atoms with E-state index in [9.17, 15) is 53.4 Å². The number of fused-ring (bicyclic) bond motifs is 1. The van der Waals surface area contributed by atoms with Crippen LogP contribution in [0.3, 0.4) is 0 Å². The van der Waals surface area contributed by atoms with Crippen LogP contribution >= 0.6 is 23.5 Å². The number of aliphatic hydroxyl groups excluding tert-OH is 3. The van der Waals surface area contributed by atoms with Gasteiger partial charge < -0.3 is 60.7 Å². The summed E-state index contributed by atoms with van der Waals surface area (Å²) in [6.07, 6.45) is -8.74. The van der Waals surface area contributed by atoms with E-state index >= 15 is 0 Å². The van der Waals surface area contributed by atoms with Crippen molar-refractivity contribution in [2.24, 2.45) is 5.73 Å². The predicted molar refractivity (Wildman–Crippen MR) is 153 cm³/mol. The van der Waals surface area contributed by atoms with Crippen molar-refractivity contribution in [2.75, 3.05) is 18.9 Å². The molecule has 5 heterocycles. The highest BCUT2D eigenvalue weighted by atomic mass is 31.3. The maximum atomic E-state index is 12.6. The minimum Gasteiger partial charge on any atom is -0.387 e. The first-order valence-corrected chi connectivity index (χ1v) is 17.9. The number of phosphoric ester groups is 3. The lowest BCUT2D eigenvalue weighted by Crippen LogP contribution is -2.40. The first kappa shape index (κ1) is 35.1. The number of amides is 1. The monoisotopic (exact) mass is 747 g/mol. The lowest BCUT2D eigenvalue weighted by molar-refractivity contribution is -0.115. The number of imidazole rings is 1. The number of ether oxygens (including phenoxy) is 2. The van der Waals surface area contributed by atoms with Gasteiger partial charge in [0.05, 0.1) is 19.5 Å². The van der Waals surface area contributed by atoms with Crippen LogP contribution in [-0.4, -0.2) is 121 Å². The molecule has 2 fully saturated rings. The molecular formula is C21H30N7O17P3. The zero-order chi connectivity index (χ0) is 36.1. The third kappa shape index (κ3) is 8.17. The number of aliphatic hydroxyl groups is 3. The predicted octanol–water partition coefficient (Wildman–Crippen LogP) is -2.57. The van der Waals surface area contributed by atoms with Gasteiger partial charge in [-0.05, 0) is 6.40 Å². The fraction of sp³-hybridized carbons (Fsp3) is 0.524. The van der Waals surface area contributed by atoms with E-state index < -0.39 is 98.1 Å². The number of anilines is 1. The number of nitrogen functional groups attached to an aromatic ring is 1. The minimum absolute atomic E-state index is 0.00363. The van der Waals surface area contributed by atoms with E-state index in [-0.39, 0.29) is 22.6 Å². The zero-order valence-electron chi connectivity index (χ0n) is 24.9. The summed E-state index contributed by atoms with van der Waals surface area (Å²) in [6, 6.07) is 0. The molecule has 11 atom stereocenters. The molecule has 0 aromatic carbocycles. The molecule has 24 nitrogen and oxygen atoms in total. The van der Waals surface area contributed by atoms with Crippen LogP contribution < -0.4 is 11.5 Å². The third-order valence-corrected chi connectivity index (χ3v) is 10.1. The largest absolute Gasteiger partial charge is 0.481 e. The number of phosphoric acid groups is 3. The quantitative estimate of drug-likeness (QED) is 0.0951. The summed E-state index contributed by atoms with van der Waals surface area (Å²) in [5.41, 5.74) is 10.9. The Bertz CT molecular complexity index is 1780. The molecule has 0 radical (unpaired) electrons. The second-order valence-corrected chi connectivity index (χ2v) is 14.5. The average molecular weight is 747 g/mol. The van der Waals surface area contributed by atoms with Crippen molar-refractivity contribution in [3.63, 3.8) is 0 Å². The maximum Gasteiger partial charge on any atom is 0.481 e. The van der Waals surface area contributed by atoms with E-state index in [1.165, 1.54) is 12.3 Å².